The normalized spacial score (nSPS) is 20.8. The second-order valence-corrected chi connectivity index (χ2v) is 6.25. The van der Waals surface area contributed by atoms with Crippen molar-refractivity contribution in [2.24, 2.45) is 0 Å². The number of anilines is 1. The molecule has 1 aliphatic rings. The maximum absolute atomic E-state index is 12.6. The van der Waals surface area contributed by atoms with Crippen LogP contribution in [-0.2, 0) is 6.18 Å². The van der Waals surface area contributed by atoms with Gasteiger partial charge in [-0.05, 0) is 52.7 Å². The van der Waals surface area contributed by atoms with Crippen molar-refractivity contribution in [2.75, 3.05) is 16.8 Å². The quantitative estimate of drug-likeness (QED) is 0.832. The molecule has 2 rings (SSSR count). The lowest BCUT2D eigenvalue weighted by Crippen LogP contribution is -2.26. The van der Waals surface area contributed by atoms with Crippen molar-refractivity contribution >= 4 is 33.4 Å². The standard InChI is InChI=1S/C12H13BrF3NS/c13-10-4-3-8(12(14,15)16)6-11(10)17-9-2-1-5-18-7-9/h3-4,6,9,17H,1-2,5,7H2. The van der Waals surface area contributed by atoms with E-state index in [2.05, 4.69) is 21.2 Å². The highest BCUT2D eigenvalue weighted by atomic mass is 79.9. The van der Waals surface area contributed by atoms with Gasteiger partial charge in [0.2, 0.25) is 0 Å². The highest BCUT2D eigenvalue weighted by molar-refractivity contribution is 9.10. The molecule has 0 bridgehead atoms. The number of nitrogens with one attached hydrogen (secondary N) is 1. The summed E-state index contributed by atoms with van der Waals surface area (Å²) in [7, 11) is 0. The second kappa shape index (κ2) is 5.74. The van der Waals surface area contributed by atoms with Crippen LogP contribution < -0.4 is 5.32 Å². The number of benzene rings is 1. The lowest BCUT2D eigenvalue weighted by molar-refractivity contribution is -0.137. The Morgan fingerprint density at radius 3 is 2.72 bits per heavy atom. The maximum atomic E-state index is 12.6. The molecule has 1 saturated heterocycles. The van der Waals surface area contributed by atoms with E-state index in [9.17, 15) is 13.2 Å². The fraction of sp³-hybridized carbons (Fsp3) is 0.500. The molecule has 1 aromatic rings. The minimum absolute atomic E-state index is 0.253. The zero-order chi connectivity index (χ0) is 13.2. The Morgan fingerprint density at radius 2 is 2.11 bits per heavy atom. The van der Waals surface area contributed by atoms with Gasteiger partial charge in [0.05, 0.1) is 5.56 Å². The number of rotatable bonds is 2. The van der Waals surface area contributed by atoms with Gasteiger partial charge in [0.15, 0.2) is 0 Å². The molecule has 0 aliphatic carbocycles. The summed E-state index contributed by atoms with van der Waals surface area (Å²) in [6, 6.07) is 3.96. The first-order valence-electron chi connectivity index (χ1n) is 5.68. The summed E-state index contributed by atoms with van der Waals surface area (Å²) in [6.45, 7) is 0. The van der Waals surface area contributed by atoms with Crippen molar-refractivity contribution in [3.63, 3.8) is 0 Å². The van der Waals surface area contributed by atoms with E-state index in [1.165, 1.54) is 12.1 Å². The molecular weight excluding hydrogens is 327 g/mol. The van der Waals surface area contributed by atoms with Crippen molar-refractivity contribution in [3.05, 3.63) is 28.2 Å². The van der Waals surface area contributed by atoms with Crippen LogP contribution in [0.3, 0.4) is 0 Å². The van der Waals surface area contributed by atoms with Crippen LogP contribution in [-0.4, -0.2) is 17.5 Å². The van der Waals surface area contributed by atoms with Crippen molar-refractivity contribution in [2.45, 2.75) is 25.1 Å². The largest absolute Gasteiger partial charge is 0.416 e. The van der Waals surface area contributed by atoms with Crippen molar-refractivity contribution in [1.29, 1.82) is 0 Å². The molecule has 1 fully saturated rings. The van der Waals surface area contributed by atoms with Crippen LogP contribution in [0, 0.1) is 0 Å². The van der Waals surface area contributed by atoms with Crippen LogP contribution in [0.4, 0.5) is 18.9 Å². The van der Waals surface area contributed by atoms with Gasteiger partial charge >= 0.3 is 6.18 Å². The molecule has 0 radical (unpaired) electrons. The van der Waals surface area contributed by atoms with E-state index < -0.39 is 11.7 Å². The monoisotopic (exact) mass is 339 g/mol. The lowest BCUT2D eigenvalue weighted by Gasteiger charge is -2.24. The predicted molar refractivity (Wildman–Crippen MR) is 73.1 cm³/mol. The Hall–Kier alpha value is -0.360. The average Bonchev–Trinajstić information content (AvgIpc) is 2.32. The first-order valence-corrected chi connectivity index (χ1v) is 7.62. The Bertz CT molecular complexity index is 416. The van der Waals surface area contributed by atoms with E-state index in [1.807, 2.05) is 11.8 Å². The molecule has 1 N–H and O–H groups in total. The fourth-order valence-corrected chi connectivity index (χ4v) is 3.32. The minimum Gasteiger partial charge on any atom is -0.381 e. The molecule has 1 aromatic carbocycles. The predicted octanol–water partition coefficient (Wildman–Crippen LogP) is 4.78. The van der Waals surface area contributed by atoms with Gasteiger partial charge in [-0.2, -0.15) is 24.9 Å². The smallest absolute Gasteiger partial charge is 0.381 e. The van der Waals surface area contributed by atoms with Crippen molar-refractivity contribution < 1.29 is 13.2 Å². The Balaban J connectivity index is 2.15. The molecule has 18 heavy (non-hydrogen) atoms. The van der Waals surface area contributed by atoms with Crippen LogP contribution >= 0.6 is 27.7 Å². The van der Waals surface area contributed by atoms with E-state index in [0.29, 0.717) is 10.2 Å². The topological polar surface area (TPSA) is 12.0 Å². The number of hydrogen-bond acceptors (Lipinski definition) is 2. The Labute approximate surface area is 117 Å². The zero-order valence-corrected chi connectivity index (χ0v) is 12.0. The first kappa shape index (κ1) is 14.1. The van der Waals surface area contributed by atoms with Crippen LogP contribution in [0.25, 0.3) is 0 Å². The molecule has 0 amide bonds. The first-order chi connectivity index (χ1) is 8.47. The molecule has 1 aliphatic heterocycles. The number of thioether (sulfide) groups is 1. The summed E-state index contributed by atoms with van der Waals surface area (Å²) >= 11 is 5.13. The van der Waals surface area contributed by atoms with E-state index >= 15 is 0 Å². The second-order valence-electron chi connectivity index (χ2n) is 4.25. The van der Waals surface area contributed by atoms with Gasteiger partial charge in [0, 0.05) is 22.0 Å². The summed E-state index contributed by atoms with van der Waals surface area (Å²) < 4.78 is 38.6. The molecule has 6 heteroatoms. The van der Waals surface area contributed by atoms with Gasteiger partial charge in [0.25, 0.3) is 0 Å². The van der Waals surface area contributed by atoms with Gasteiger partial charge in [-0.25, -0.2) is 0 Å². The maximum Gasteiger partial charge on any atom is 0.416 e. The lowest BCUT2D eigenvalue weighted by atomic mass is 10.1. The molecule has 0 spiro atoms. The van der Waals surface area contributed by atoms with E-state index in [4.69, 9.17) is 0 Å². The SMILES string of the molecule is FC(F)(F)c1ccc(Br)c(NC2CCCSC2)c1. The highest BCUT2D eigenvalue weighted by Crippen LogP contribution is 2.34. The van der Waals surface area contributed by atoms with E-state index in [0.717, 1.165) is 30.4 Å². The average molecular weight is 340 g/mol. The third-order valence-corrected chi connectivity index (χ3v) is 4.72. The van der Waals surface area contributed by atoms with Crippen molar-refractivity contribution in [1.82, 2.24) is 0 Å². The summed E-state index contributed by atoms with van der Waals surface area (Å²) in [5, 5.41) is 3.19. The number of hydrogen-bond donors (Lipinski definition) is 1. The summed E-state index contributed by atoms with van der Waals surface area (Å²) in [4.78, 5) is 0. The fourth-order valence-electron chi connectivity index (χ4n) is 1.89. The number of halogens is 4. The van der Waals surface area contributed by atoms with E-state index in [-0.39, 0.29) is 6.04 Å². The van der Waals surface area contributed by atoms with Crippen LogP contribution in [0.1, 0.15) is 18.4 Å². The van der Waals surface area contributed by atoms with Gasteiger partial charge in [-0.1, -0.05) is 0 Å². The molecule has 0 saturated carbocycles. The molecular formula is C12H13BrF3NS. The molecule has 1 unspecified atom stereocenters. The number of alkyl halides is 3. The summed E-state index contributed by atoms with van der Waals surface area (Å²) in [6.07, 6.45) is -2.17. The van der Waals surface area contributed by atoms with Gasteiger partial charge in [0.1, 0.15) is 0 Å². The highest BCUT2D eigenvalue weighted by Gasteiger charge is 2.31. The third-order valence-electron chi connectivity index (χ3n) is 2.81. The molecule has 100 valence electrons. The van der Waals surface area contributed by atoms with Gasteiger partial charge in [-0.15, -0.1) is 0 Å². The molecule has 1 nitrogen and oxygen atoms in total. The Kier molecular flexibility index (Phi) is 4.48. The van der Waals surface area contributed by atoms with Crippen molar-refractivity contribution in [3.8, 4) is 0 Å². The third kappa shape index (κ3) is 3.57. The summed E-state index contributed by atoms with van der Waals surface area (Å²) in [5.74, 6) is 2.09. The summed E-state index contributed by atoms with van der Waals surface area (Å²) in [5.41, 5.74) is -0.0889. The minimum atomic E-state index is -4.29. The van der Waals surface area contributed by atoms with Crippen LogP contribution in [0.5, 0.6) is 0 Å². The van der Waals surface area contributed by atoms with E-state index in [1.54, 1.807) is 0 Å². The zero-order valence-electron chi connectivity index (χ0n) is 9.56. The van der Waals surface area contributed by atoms with Crippen LogP contribution in [0.2, 0.25) is 0 Å². The Morgan fingerprint density at radius 1 is 1.33 bits per heavy atom. The molecule has 1 heterocycles. The van der Waals surface area contributed by atoms with Gasteiger partial charge < -0.3 is 5.32 Å². The molecule has 1 atom stereocenters. The van der Waals surface area contributed by atoms with Crippen LogP contribution in [0.15, 0.2) is 22.7 Å². The van der Waals surface area contributed by atoms with Gasteiger partial charge in [-0.3, -0.25) is 0 Å². The molecule has 0 aromatic heterocycles.